The number of nitrogens with one attached hydrogen (secondary N) is 1. The Labute approximate surface area is 133 Å². The maximum Gasteiger partial charge on any atom is 0.236 e. The second-order valence-corrected chi connectivity index (χ2v) is 6.37. The van der Waals surface area contributed by atoms with E-state index in [-0.39, 0.29) is 17.7 Å². The highest BCUT2D eigenvalue weighted by Gasteiger charge is 2.33. The van der Waals surface area contributed by atoms with E-state index < -0.39 is 0 Å². The van der Waals surface area contributed by atoms with Crippen molar-refractivity contribution in [3.05, 3.63) is 0 Å². The summed E-state index contributed by atoms with van der Waals surface area (Å²) in [6, 6.07) is 0. The van der Waals surface area contributed by atoms with E-state index in [9.17, 15) is 9.59 Å². The maximum atomic E-state index is 12.5. The number of likely N-dealkylation sites (N-methyl/N-ethyl adjacent to an activating group) is 1. The van der Waals surface area contributed by atoms with Gasteiger partial charge in [0.1, 0.15) is 0 Å². The van der Waals surface area contributed by atoms with Crippen LogP contribution in [0, 0.1) is 11.8 Å². The molecular formula is C16H30N4O2. The number of carbonyl (C=O) groups excluding carboxylic acids is 2. The van der Waals surface area contributed by atoms with Crippen LogP contribution in [0.25, 0.3) is 0 Å². The molecule has 0 aromatic carbocycles. The topological polar surface area (TPSA) is 55.9 Å². The molecule has 2 heterocycles. The van der Waals surface area contributed by atoms with Gasteiger partial charge in [-0.3, -0.25) is 14.5 Å². The molecule has 2 rings (SSSR count). The van der Waals surface area contributed by atoms with Gasteiger partial charge in [0.25, 0.3) is 0 Å². The quantitative estimate of drug-likeness (QED) is 0.742. The van der Waals surface area contributed by atoms with Gasteiger partial charge in [-0.15, -0.1) is 0 Å². The lowest BCUT2D eigenvalue weighted by atomic mass is 9.88. The third-order valence-corrected chi connectivity index (χ3v) is 5.07. The standard InChI is InChI=1S/C16H30N4O2/c1-4-19(5-2)15(21)12-18-6-8-20(9-7-18)16(22)13(3)14-10-17-11-14/h13-14,17H,4-12H2,1-3H3. The molecular weight excluding hydrogens is 280 g/mol. The molecule has 1 atom stereocenters. The fourth-order valence-electron chi connectivity index (χ4n) is 3.15. The summed E-state index contributed by atoms with van der Waals surface area (Å²) in [5.74, 6) is 1.08. The maximum absolute atomic E-state index is 12.5. The van der Waals surface area contributed by atoms with Gasteiger partial charge in [-0.2, -0.15) is 0 Å². The number of piperazine rings is 1. The van der Waals surface area contributed by atoms with E-state index in [0.717, 1.165) is 52.4 Å². The number of nitrogens with zero attached hydrogens (tertiary/aromatic N) is 3. The molecule has 6 nitrogen and oxygen atoms in total. The Balaban J connectivity index is 1.75. The van der Waals surface area contributed by atoms with Gasteiger partial charge >= 0.3 is 0 Å². The van der Waals surface area contributed by atoms with Gasteiger partial charge in [-0.1, -0.05) is 6.92 Å². The van der Waals surface area contributed by atoms with Crippen molar-refractivity contribution in [2.24, 2.45) is 11.8 Å². The van der Waals surface area contributed by atoms with Crippen LogP contribution in [0.1, 0.15) is 20.8 Å². The van der Waals surface area contributed by atoms with Crippen LogP contribution in [0.5, 0.6) is 0 Å². The van der Waals surface area contributed by atoms with Crippen LogP contribution in [0.3, 0.4) is 0 Å². The molecule has 1 N–H and O–H groups in total. The van der Waals surface area contributed by atoms with E-state index in [1.165, 1.54) is 0 Å². The third-order valence-electron chi connectivity index (χ3n) is 5.07. The van der Waals surface area contributed by atoms with Gasteiger partial charge < -0.3 is 15.1 Å². The van der Waals surface area contributed by atoms with Crippen molar-refractivity contribution in [3.8, 4) is 0 Å². The lowest BCUT2D eigenvalue weighted by Crippen LogP contribution is -2.55. The van der Waals surface area contributed by atoms with Gasteiger partial charge in [0.05, 0.1) is 6.54 Å². The zero-order valence-electron chi connectivity index (χ0n) is 14.2. The summed E-state index contributed by atoms with van der Waals surface area (Å²) >= 11 is 0. The molecule has 0 aromatic rings. The molecule has 2 fully saturated rings. The average Bonchev–Trinajstić information content (AvgIpc) is 2.46. The molecule has 0 saturated carbocycles. The minimum atomic E-state index is 0.116. The Bertz CT molecular complexity index is 386. The van der Waals surface area contributed by atoms with Crippen molar-refractivity contribution in [2.45, 2.75) is 20.8 Å². The Morgan fingerprint density at radius 3 is 2.18 bits per heavy atom. The normalized spacial score (nSPS) is 21.3. The van der Waals surface area contributed by atoms with E-state index in [4.69, 9.17) is 0 Å². The molecule has 0 spiro atoms. The molecule has 22 heavy (non-hydrogen) atoms. The van der Waals surface area contributed by atoms with E-state index in [1.54, 1.807) is 0 Å². The molecule has 1 unspecified atom stereocenters. The van der Waals surface area contributed by atoms with Crippen molar-refractivity contribution in [1.82, 2.24) is 20.0 Å². The highest BCUT2D eigenvalue weighted by atomic mass is 16.2. The molecule has 0 radical (unpaired) electrons. The summed E-state index contributed by atoms with van der Waals surface area (Å²) in [7, 11) is 0. The van der Waals surface area contributed by atoms with E-state index >= 15 is 0 Å². The first-order valence-corrected chi connectivity index (χ1v) is 8.56. The van der Waals surface area contributed by atoms with Crippen LogP contribution in [-0.4, -0.2) is 85.4 Å². The summed E-state index contributed by atoms with van der Waals surface area (Å²) in [5, 5.41) is 3.23. The largest absolute Gasteiger partial charge is 0.342 e. The minimum absolute atomic E-state index is 0.116. The van der Waals surface area contributed by atoms with Gasteiger partial charge in [0.2, 0.25) is 11.8 Å². The summed E-state index contributed by atoms with van der Waals surface area (Å²) in [6.07, 6.45) is 0. The van der Waals surface area contributed by atoms with Crippen molar-refractivity contribution >= 4 is 11.8 Å². The third kappa shape index (κ3) is 3.98. The molecule has 2 amide bonds. The molecule has 0 bridgehead atoms. The predicted molar refractivity (Wildman–Crippen MR) is 86.5 cm³/mol. The van der Waals surface area contributed by atoms with Crippen LogP contribution in [0.4, 0.5) is 0 Å². The molecule has 6 heteroatoms. The number of hydrogen-bond acceptors (Lipinski definition) is 4. The zero-order chi connectivity index (χ0) is 16.1. The summed E-state index contributed by atoms with van der Waals surface area (Å²) in [4.78, 5) is 30.6. The van der Waals surface area contributed by atoms with Crippen LogP contribution in [0.15, 0.2) is 0 Å². The molecule has 2 saturated heterocycles. The second-order valence-electron chi connectivity index (χ2n) is 6.37. The van der Waals surface area contributed by atoms with Crippen LogP contribution < -0.4 is 5.32 Å². The monoisotopic (exact) mass is 310 g/mol. The molecule has 2 aliphatic rings. The Morgan fingerprint density at radius 1 is 1.14 bits per heavy atom. The van der Waals surface area contributed by atoms with E-state index in [2.05, 4.69) is 10.2 Å². The summed E-state index contributed by atoms with van der Waals surface area (Å²) in [6.45, 7) is 13.1. The first-order valence-electron chi connectivity index (χ1n) is 8.56. The Kier molecular flexibility index (Phi) is 6.20. The van der Waals surface area contributed by atoms with E-state index in [0.29, 0.717) is 12.5 Å². The highest BCUT2D eigenvalue weighted by Crippen LogP contribution is 2.19. The number of hydrogen-bond donors (Lipinski definition) is 1. The molecule has 0 aliphatic carbocycles. The van der Waals surface area contributed by atoms with Crippen molar-refractivity contribution in [1.29, 1.82) is 0 Å². The Morgan fingerprint density at radius 2 is 1.73 bits per heavy atom. The predicted octanol–water partition coefficient (Wildman–Crippen LogP) is -0.145. The number of carbonyl (C=O) groups is 2. The summed E-state index contributed by atoms with van der Waals surface area (Å²) in [5.41, 5.74) is 0. The Hall–Kier alpha value is -1.14. The second kappa shape index (κ2) is 7.92. The number of amides is 2. The lowest BCUT2D eigenvalue weighted by molar-refractivity contribution is -0.139. The van der Waals surface area contributed by atoms with E-state index in [1.807, 2.05) is 30.6 Å². The van der Waals surface area contributed by atoms with Crippen molar-refractivity contribution < 1.29 is 9.59 Å². The fourth-order valence-corrected chi connectivity index (χ4v) is 3.15. The zero-order valence-corrected chi connectivity index (χ0v) is 14.2. The number of rotatable bonds is 6. The average molecular weight is 310 g/mol. The highest BCUT2D eigenvalue weighted by molar-refractivity contribution is 5.79. The van der Waals surface area contributed by atoms with Gasteiger partial charge in [-0.25, -0.2) is 0 Å². The van der Waals surface area contributed by atoms with Gasteiger partial charge in [0.15, 0.2) is 0 Å². The smallest absolute Gasteiger partial charge is 0.236 e. The first kappa shape index (κ1) is 17.2. The minimum Gasteiger partial charge on any atom is -0.342 e. The first-order chi connectivity index (χ1) is 10.6. The molecule has 0 aromatic heterocycles. The van der Waals surface area contributed by atoms with Gasteiger partial charge in [0, 0.05) is 45.2 Å². The fraction of sp³-hybridized carbons (Fsp3) is 0.875. The van der Waals surface area contributed by atoms with Crippen LogP contribution >= 0.6 is 0 Å². The van der Waals surface area contributed by atoms with Crippen molar-refractivity contribution in [3.63, 3.8) is 0 Å². The SMILES string of the molecule is CCN(CC)C(=O)CN1CCN(C(=O)C(C)C2CNC2)CC1. The lowest BCUT2D eigenvalue weighted by Gasteiger charge is -2.39. The van der Waals surface area contributed by atoms with Crippen LogP contribution in [-0.2, 0) is 9.59 Å². The summed E-state index contributed by atoms with van der Waals surface area (Å²) < 4.78 is 0. The van der Waals surface area contributed by atoms with Gasteiger partial charge in [-0.05, 0) is 32.9 Å². The molecule has 2 aliphatic heterocycles. The van der Waals surface area contributed by atoms with Crippen molar-refractivity contribution in [2.75, 3.05) is 58.9 Å². The van der Waals surface area contributed by atoms with Crippen LogP contribution in [0.2, 0.25) is 0 Å². The molecule has 126 valence electrons.